The first-order valence-electron chi connectivity index (χ1n) is 8.92. The van der Waals surface area contributed by atoms with Gasteiger partial charge in [0.05, 0.1) is 6.61 Å². The van der Waals surface area contributed by atoms with E-state index in [-0.39, 0.29) is 18.7 Å². The van der Waals surface area contributed by atoms with Crippen LogP contribution in [0.25, 0.3) is 0 Å². The highest BCUT2D eigenvalue weighted by molar-refractivity contribution is 6.00. The van der Waals surface area contributed by atoms with E-state index in [1.54, 1.807) is 26.0 Å². The van der Waals surface area contributed by atoms with Gasteiger partial charge in [-0.25, -0.2) is 13.6 Å². The Morgan fingerprint density at radius 3 is 2.28 bits per heavy atom. The third-order valence-electron chi connectivity index (χ3n) is 3.86. The van der Waals surface area contributed by atoms with E-state index in [0.717, 1.165) is 12.1 Å². The molecule has 0 atom stereocenters. The lowest BCUT2D eigenvalue weighted by Crippen LogP contribution is -2.38. The highest BCUT2D eigenvalue weighted by Crippen LogP contribution is 2.18. The molecule has 2 N–H and O–H groups in total. The molecule has 0 heterocycles. The lowest BCUT2D eigenvalue weighted by molar-refractivity contribution is -0.116. The Labute approximate surface area is 166 Å². The maximum atomic E-state index is 13.7. The van der Waals surface area contributed by atoms with Crippen LogP contribution in [0.1, 0.15) is 24.2 Å². The van der Waals surface area contributed by atoms with E-state index >= 15 is 0 Å². The van der Waals surface area contributed by atoms with E-state index in [1.165, 1.54) is 23.1 Å². The number of anilines is 2. The highest BCUT2D eigenvalue weighted by atomic mass is 19.1. The van der Waals surface area contributed by atoms with Crippen LogP contribution in [0.15, 0.2) is 42.5 Å². The van der Waals surface area contributed by atoms with Gasteiger partial charge in [0.15, 0.2) is 0 Å². The minimum atomic E-state index is -0.912. The van der Waals surface area contributed by atoms with Gasteiger partial charge in [-0.3, -0.25) is 14.9 Å². The first-order valence-corrected chi connectivity index (χ1v) is 8.92. The summed E-state index contributed by atoms with van der Waals surface area (Å²) in [6.45, 7) is 3.30. The molecule has 0 aliphatic carbocycles. The molecule has 0 saturated carbocycles. The third-order valence-corrected chi connectivity index (χ3v) is 3.86. The number of carbonyl (C=O) groups is 3. The van der Waals surface area contributed by atoms with Crippen LogP contribution in [0, 0.1) is 11.6 Å². The molecule has 2 aromatic carbocycles. The average molecular weight is 405 g/mol. The standard InChI is InChI=1S/C20H21F2N3O4/c1-3-25(12-17(26)24-18-15(21)9-6-10-16(18)22)19(27)13-7-5-8-14(11-13)23-20(28)29-4-2/h5-11H,3-4,12H2,1-2H3,(H,23,28)(H,24,26). The SMILES string of the molecule is CCOC(=O)Nc1cccc(C(=O)N(CC)CC(=O)Nc2c(F)cccc2F)c1. The van der Waals surface area contributed by atoms with Crippen molar-refractivity contribution in [3.8, 4) is 0 Å². The summed E-state index contributed by atoms with van der Waals surface area (Å²) in [5, 5.41) is 4.63. The van der Waals surface area contributed by atoms with Crippen LogP contribution in [0.5, 0.6) is 0 Å². The fraction of sp³-hybridized carbons (Fsp3) is 0.250. The number of carbonyl (C=O) groups excluding carboxylic acids is 3. The van der Waals surface area contributed by atoms with E-state index in [2.05, 4.69) is 10.6 Å². The molecule has 0 bridgehead atoms. The van der Waals surface area contributed by atoms with E-state index in [4.69, 9.17) is 4.74 Å². The lowest BCUT2D eigenvalue weighted by atomic mass is 10.1. The summed E-state index contributed by atoms with van der Waals surface area (Å²) in [7, 11) is 0. The van der Waals surface area contributed by atoms with E-state index in [0.29, 0.717) is 5.69 Å². The number of nitrogens with one attached hydrogen (secondary N) is 2. The van der Waals surface area contributed by atoms with Crippen LogP contribution in [0.2, 0.25) is 0 Å². The van der Waals surface area contributed by atoms with Gasteiger partial charge >= 0.3 is 6.09 Å². The predicted octanol–water partition coefficient (Wildman–Crippen LogP) is 3.63. The van der Waals surface area contributed by atoms with Gasteiger partial charge in [0.2, 0.25) is 5.91 Å². The molecule has 154 valence electrons. The number of nitrogens with zero attached hydrogens (tertiary/aromatic N) is 1. The second-order valence-electron chi connectivity index (χ2n) is 5.89. The normalized spacial score (nSPS) is 10.2. The molecule has 0 saturated heterocycles. The largest absolute Gasteiger partial charge is 0.450 e. The molecule has 0 fully saturated rings. The zero-order chi connectivity index (χ0) is 21.4. The molecule has 0 radical (unpaired) electrons. The average Bonchev–Trinajstić information content (AvgIpc) is 2.69. The summed E-state index contributed by atoms with van der Waals surface area (Å²) in [5.41, 5.74) is 0.0101. The molecule has 0 spiro atoms. The van der Waals surface area contributed by atoms with Crippen molar-refractivity contribution in [3.63, 3.8) is 0 Å². The van der Waals surface area contributed by atoms with Gasteiger partial charge < -0.3 is 15.0 Å². The van der Waals surface area contributed by atoms with Crippen molar-refractivity contribution in [3.05, 3.63) is 59.7 Å². The summed E-state index contributed by atoms with van der Waals surface area (Å²) in [4.78, 5) is 37.6. The fourth-order valence-corrected chi connectivity index (χ4v) is 2.49. The predicted molar refractivity (Wildman–Crippen MR) is 104 cm³/mol. The van der Waals surface area contributed by atoms with Crippen LogP contribution in [-0.2, 0) is 9.53 Å². The maximum Gasteiger partial charge on any atom is 0.411 e. The molecular formula is C20H21F2N3O4. The van der Waals surface area contributed by atoms with Crippen molar-refractivity contribution in [2.24, 2.45) is 0 Å². The molecule has 7 nitrogen and oxygen atoms in total. The second-order valence-corrected chi connectivity index (χ2v) is 5.89. The maximum absolute atomic E-state index is 13.7. The third kappa shape index (κ3) is 6.00. The van der Waals surface area contributed by atoms with Crippen molar-refractivity contribution < 1.29 is 27.9 Å². The summed E-state index contributed by atoms with van der Waals surface area (Å²) in [6.07, 6.45) is -0.657. The first-order chi connectivity index (χ1) is 13.8. The van der Waals surface area contributed by atoms with Gasteiger partial charge in [-0.15, -0.1) is 0 Å². The molecule has 0 aliphatic heterocycles. The fourth-order valence-electron chi connectivity index (χ4n) is 2.49. The molecular weight excluding hydrogens is 384 g/mol. The van der Waals surface area contributed by atoms with Crippen molar-refractivity contribution in [1.82, 2.24) is 4.90 Å². The number of halogens is 2. The van der Waals surface area contributed by atoms with Gasteiger partial charge in [-0.2, -0.15) is 0 Å². The molecule has 3 amide bonds. The smallest absolute Gasteiger partial charge is 0.411 e. The van der Waals surface area contributed by atoms with E-state index in [9.17, 15) is 23.2 Å². The number of para-hydroxylation sites is 1. The topological polar surface area (TPSA) is 87.7 Å². The van der Waals surface area contributed by atoms with Crippen LogP contribution in [0.3, 0.4) is 0 Å². The van der Waals surface area contributed by atoms with Crippen LogP contribution >= 0.6 is 0 Å². The first kappa shape index (κ1) is 21.8. The summed E-state index contributed by atoms with van der Waals surface area (Å²) in [6, 6.07) is 9.33. The minimum Gasteiger partial charge on any atom is -0.450 e. The molecule has 0 unspecified atom stereocenters. The van der Waals surface area contributed by atoms with Crippen LogP contribution in [-0.4, -0.2) is 42.5 Å². The van der Waals surface area contributed by atoms with Crippen molar-refractivity contribution in [2.45, 2.75) is 13.8 Å². The van der Waals surface area contributed by atoms with E-state index in [1.807, 2.05) is 0 Å². The zero-order valence-electron chi connectivity index (χ0n) is 16.0. The van der Waals surface area contributed by atoms with Gasteiger partial charge in [0, 0.05) is 17.8 Å². The lowest BCUT2D eigenvalue weighted by Gasteiger charge is -2.21. The van der Waals surface area contributed by atoms with Gasteiger partial charge in [0.25, 0.3) is 5.91 Å². The van der Waals surface area contributed by atoms with E-state index < -0.39 is 41.8 Å². The number of rotatable bonds is 7. The molecule has 9 heteroatoms. The van der Waals surface area contributed by atoms with Gasteiger partial charge in [-0.05, 0) is 44.2 Å². The van der Waals surface area contributed by atoms with Gasteiger partial charge in [0.1, 0.15) is 23.9 Å². The molecule has 0 aliphatic rings. The summed E-state index contributed by atoms with van der Waals surface area (Å²) >= 11 is 0. The Kier molecular flexibility index (Phi) is 7.64. The minimum absolute atomic E-state index is 0.182. The van der Waals surface area contributed by atoms with Crippen molar-refractivity contribution in [2.75, 3.05) is 30.3 Å². The van der Waals surface area contributed by atoms with Crippen molar-refractivity contribution >= 4 is 29.3 Å². The van der Waals surface area contributed by atoms with Crippen LogP contribution in [0.4, 0.5) is 25.0 Å². The van der Waals surface area contributed by atoms with Crippen molar-refractivity contribution in [1.29, 1.82) is 0 Å². The second kappa shape index (κ2) is 10.2. The Morgan fingerprint density at radius 1 is 1.00 bits per heavy atom. The number of hydrogen-bond acceptors (Lipinski definition) is 4. The molecule has 29 heavy (non-hydrogen) atoms. The number of hydrogen-bond donors (Lipinski definition) is 2. The van der Waals surface area contributed by atoms with Gasteiger partial charge in [-0.1, -0.05) is 12.1 Å². The number of ether oxygens (including phenoxy) is 1. The quantitative estimate of drug-likeness (QED) is 0.736. The molecule has 2 rings (SSSR count). The molecule has 0 aromatic heterocycles. The summed E-state index contributed by atoms with van der Waals surface area (Å²) < 4.78 is 32.1. The number of likely N-dealkylation sites (N-methyl/N-ethyl adjacent to an activating group) is 1. The monoisotopic (exact) mass is 405 g/mol. The Morgan fingerprint density at radius 2 is 1.66 bits per heavy atom. The molecule has 2 aromatic rings. The Hall–Kier alpha value is -3.49. The Balaban J connectivity index is 2.08. The van der Waals surface area contributed by atoms with Crippen LogP contribution < -0.4 is 10.6 Å². The summed E-state index contributed by atoms with van der Waals surface area (Å²) in [5.74, 6) is -3.05. The number of amides is 3. The zero-order valence-corrected chi connectivity index (χ0v) is 16.0. The highest BCUT2D eigenvalue weighted by Gasteiger charge is 2.20. The Bertz CT molecular complexity index is 885. The number of benzene rings is 2.